The Morgan fingerprint density at radius 2 is 2.04 bits per heavy atom. The van der Waals surface area contributed by atoms with Gasteiger partial charge in [0, 0.05) is 30.7 Å². The Kier molecular flexibility index (Phi) is 5.14. The molecule has 0 aliphatic carbocycles. The smallest absolute Gasteiger partial charge is 0.270 e. The summed E-state index contributed by atoms with van der Waals surface area (Å²) in [7, 11) is 3.89. The highest BCUT2D eigenvalue weighted by Gasteiger charge is 2.09. The summed E-state index contributed by atoms with van der Waals surface area (Å²) in [6.45, 7) is 0. The van der Waals surface area contributed by atoms with Crippen LogP contribution in [0, 0.1) is 21.4 Å². The fourth-order valence-corrected chi connectivity index (χ4v) is 2.86. The third-order valence-electron chi connectivity index (χ3n) is 3.25. The van der Waals surface area contributed by atoms with Gasteiger partial charge in [0.15, 0.2) is 0 Å². The van der Waals surface area contributed by atoms with Crippen molar-refractivity contribution in [2.45, 2.75) is 0 Å². The second-order valence-corrected chi connectivity index (χ2v) is 5.94. The molecule has 0 fully saturated rings. The average molecular weight is 372 g/mol. The summed E-state index contributed by atoms with van der Waals surface area (Å²) < 4.78 is 0.910. The summed E-state index contributed by atoms with van der Waals surface area (Å²) in [5.41, 5.74) is 2.72. The number of nitro groups is 1. The molecule has 0 bridgehead atoms. The topological polar surface area (TPSA) is 70.2 Å². The Hall–Kier alpha value is -2.65. The van der Waals surface area contributed by atoms with Crippen LogP contribution in [-0.4, -0.2) is 19.0 Å². The van der Waals surface area contributed by atoms with Crippen molar-refractivity contribution < 1.29 is 4.92 Å². The Morgan fingerprint density at radius 1 is 1.30 bits per heavy atom. The van der Waals surface area contributed by atoms with E-state index in [1.54, 1.807) is 18.2 Å². The van der Waals surface area contributed by atoms with Gasteiger partial charge in [-0.2, -0.15) is 5.26 Å². The molecule has 2 aromatic carbocycles. The van der Waals surface area contributed by atoms with E-state index in [1.165, 1.54) is 12.1 Å². The van der Waals surface area contributed by atoms with Gasteiger partial charge in [-0.15, -0.1) is 0 Å². The lowest BCUT2D eigenvalue weighted by molar-refractivity contribution is -0.384. The number of non-ortho nitro benzene ring substituents is 1. The van der Waals surface area contributed by atoms with Crippen molar-refractivity contribution in [3.8, 4) is 6.07 Å². The van der Waals surface area contributed by atoms with Crippen LogP contribution in [0.15, 0.2) is 46.9 Å². The molecule has 0 amide bonds. The van der Waals surface area contributed by atoms with E-state index in [4.69, 9.17) is 0 Å². The van der Waals surface area contributed by atoms with Crippen LogP contribution in [0.2, 0.25) is 0 Å². The molecule has 0 N–H and O–H groups in total. The van der Waals surface area contributed by atoms with E-state index in [0.29, 0.717) is 11.1 Å². The fourth-order valence-electron chi connectivity index (χ4n) is 2.11. The highest BCUT2D eigenvalue weighted by molar-refractivity contribution is 9.10. The molecule has 0 atom stereocenters. The summed E-state index contributed by atoms with van der Waals surface area (Å²) in [6, 6.07) is 13.9. The molecule has 116 valence electrons. The van der Waals surface area contributed by atoms with E-state index in [1.807, 2.05) is 37.2 Å². The van der Waals surface area contributed by atoms with Crippen molar-refractivity contribution in [2.24, 2.45) is 0 Å². The van der Waals surface area contributed by atoms with Crippen LogP contribution in [0.5, 0.6) is 0 Å². The first-order chi connectivity index (χ1) is 10.9. The standard InChI is InChI=1S/C17H14BrN3O2/c1-20(2)17-7-6-12(9-16(17)18)8-14(11-19)13-4-3-5-15(10-13)21(22)23/h3-10H,1-2H3/b14-8+. The Balaban J connectivity index is 2.44. The van der Waals surface area contributed by atoms with Crippen molar-refractivity contribution >= 4 is 39.0 Å². The molecule has 0 aliphatic rings. The minimum Gasteiger partial charge on any atom is -0.377 e. The second-order valence-electron chi connectivity index (χ2n) is 5.08. The number of allylic oxidation sites excluding steroid dienone is 1. The third kappa shape index (κ3) is 3.96. The SMILES string of the molecule is CN(C)c1ccc(/C=C(\C#N)c2cccc([N+](=O)[O-])c2)cc1Br. The molecular weight excluding hydrogens is 358 g/mol. The fraction of sp³-hybridized carbons (Fsp3) is 0.118. The number of nitrogens with zero attached hydrogens (tertiary/aromatic N) is 3. The second kappa shape index (κ2) is 7.07. The summed E-state index contributed by atoms with van der Waals surface area (Å²) in [5, 5.41) is 20.2. The molecule has 23 heavy (non-hydrogen) atoms. The van der Waals surface area contributed by atoms with Gasteiger partial charge in [0.25, 0.3) is 5.69 Å². The van der Waals surface area contributed by atoms with Crippen molar-refractivity contribution in [1.29, 1.82) is 5.26 Å². The van der Waals surface area contributed by atoms with Gasteiger partial charge in [-0.3, -0.25) is 10.1 Å². The van der Waals surface area contributed by atoms with E-state index in [-0.39, 0.29) is 5.69 Å². The van der Waals surface area contributed by atoms with E-state index < -0.39 is 4.92 Å². The number of nitro benzene ring substituents is 1. The molecule has 5 nitrogen and oxygen atoms in total. The van der Waals surface area contributed by atoms with E-state index >= 15 is 0 Å². The Bertz CT molecular complexity index is 823. The molecular formula is C17H14BrN3O2. The number of benzene rings is 2. The first kappa shape index (κ1) is 16.7. The largest absolute Gasteiger partial charge is 0.377 e. The van der Waals surface area contributed by atoms with Gasteiger partial charge in [-0.05, 0) is 45.3 Å². The van der Waals surface area contributed by atoms with Crippen LogP contribution in [0.1, 0.15) is 11.1 Å². The van der Waals surface area contributed by atoms with Crippen LogP contribution >= 0.6 is 15.9 Å². The lowest BCUT2D eigenvalue weighted by Crippen LogP contribution is -2.09. The number of halogens is 1. The lowest BCUT2D eigenvalue weighted by Gasteiger charge is -2.14. The van der Waals surface area contributed by atoms with E-state index in [0.717, 1.165) is 15.7 Å². The normalized spacial score (nSPS) is 11.0. The summed E-state index contributed by atoms with van der Waals surface area (Å²) in [6.07, 6.45) is 1.71. The van der Waals surface area contributed by atoms with Crippen molar-refractivity contribution in [1.82, 2.24) is 0 Å². The van der Waals surface area contributed by atoms with Gasteiger partial charge in [-0.25, -0.2) is 0 Å². The summed E-state index contributed by atoms with van der Waals surface area (Å²) in [5.74, 6) is 0. The zero-order valence-electron chi connectivity index (χ0n) is 12.7. The maximum absolute atomic E-state index is 10.9. The number of hydrogen-bond donors (Lipinski definition) is 0. The number of anilines is 1. The summed E-state index contributed by atoms with van der Waals surface area (Å²) >= 11 is 3.50. The summed E-state index contributed by atoms with van der Waals surface area (Å²) in [4.78, 5) is 12.4. The monoisotopic (exact) mass is 371 g/mol. The third-order valence-corrected chi connectivity index (χ3v) is 3.89. The van der Waals surface area contributed by atoms with Gasteiger partial charge in [0.2, 0.25) is 0 Å². The van der Waals surface area contributed by atoms with Gasteiger partial charge < -0.3 is 4.90 Å². The molecule has 0 aromatic heterocycles. The van der Waals surface area contributed by atoms with Crippen LogP contribution in [0.3, 0.4) is 0 Å². The molecule has 0 heterocycles. The Morgan fingerprint density at radius 3 is 2.61 bits per heavy atom. The van der Waals surface area contributed by atoms with Crippen molar-refractivity contribution in [2.75, 3.05) is 19.0 Å². The first-order valence-electron chi connectivity index (χ1n) is 6.76. The minimum absolute atomic E-state index is 0.0345. The molecule has 2 rings (SSSR count). The molecule has 2 aromatic rings. The molecule has 0 spiro atoms. The van der Waals surface area contributed by atoms with Crippen LogP contribution < -0.4 is 4.90 Å². The first-order valence-corrected chi connectivity index (χ1v) is 7.55. The van der Waals surface area contributed by atoms with Crippen LogP contribution in [0.4, 0.5) is 11.4 Å². The Labute approximate surface area is 142 Å². The van der Waals surface area contributed by atoms with Gasteiger partial charge in [0.1, 0.15) is 0 Å². The molecule has 6 heteroatoms. The highest BCUT2D eigenvalue weighted by atomic mass is 79.9. The molecule has 0 unspecified atom stereocenters. The molecule has 0 aliphatic heterocycles. The minimum atomic E-state index is -0.471. The van der Waals surface area contributed by atoms with E-state index in [2.05, 4.69) is 22.0 Å². The lowest BCUT2D eigenvalue weighted by atomic mass is 10.0. The highest BCUT2D eigenvalue weighted by Crippen LogP contribution is 2.28. The number of rotatable bonds is 4. The van der Waals surface area contributed by atoms with Crippen LogP contribution in [-0.2, 0) is 0 Å². The molecule has 0 radical (unpaired) electrons. The maximum atomic E-state index is 10.9. The maximum Gasteiger partial charge on any atom is 0.270 e. The van der Waals surface area contributed by atoms with Crippen LogP contribution in [0.25, 0.3) is 11.6 Å². The predicted molar refractivity (Wildman–Crippen MR) is 95.0 cm³/mol. The average Bonchev–Trinajstić information content (AvgIpc) is 2.52. The molecule has 0 saturated carbocycles. The van der Waals surface area contributed by atoms with Crippen molar-refractivity contribution in [3.63, 3.8) is 0 Å². The predicted octanol–water partition coefficient (Wildman–Crippen LogP) is 4.49. The van der Waals surface area contributed by atoms with Crippen molar-refractivity contribution in [3.05, 3.63) is 68.2 Å². The number of nitriles is 1. The zero-order chi connectivity index (χ0) is 17.0. The van der Waals surface area contributed by atoms with E-state index in [9.17, 15) is 15.4 Å². The van der Waals surface area contributed by atoms with Gasteiger partial charge in [0.05, 0.1) is 22.3 Å². The number of hydrogen-bond acceptors (Lipinski definition) is 4. The quantitative estimate of drug-likeness (QED) is 0.343. The van der Waals surface area contributed by atoms with Gasteiger partial charge in [-0.1, -0.05) is 18.2 Å². The molecule has 0 saturated heterocycles. The zero-order valence-corrected chi connectivity index (χ0v) is 14.2. The van der Waals surface area contributed by atoms with Gasteiger partial charge >= 0.3 is 0 Å².